The molecule has 0 radical (unpaired) electrons. The largest absolute Gasteiger partial charge is 0.326 e. The molecule has 4 rings (SSSR count). The Bertz CT molecular complexity index is 772. The number of nitrogens with one attached hydrogen (secondary N) is 2. The molecule has 1 aliphatic heterocycles. The van der Waals surface area contributed by atoms with Crippen LogP contribution in [0.5, 0.6) is 0 Å². The van der Waals surface area contributed by atoms with Gasteiger partial charge in [-0.3, -0.25) is 4.79 Å². The van der Waals surface area contributed by atoms with Crippen LogP contribution in [0.1, 0.15) is 29.0 Å². The standard InChI is InChI=1S/C18H16ClFN2O/c19-15-2-1-3-16(20)17(15)13-7-14(13)18(23)22-12-5-4-10-8-21-9-11(10)6-12/h1-6,13-14,21H,7-9H2,(H,22,23)/t13-,14-/m0/s1. The van der Waals surface area contributed by atoms with Crippen molar-refractivity contribution in [1.82, 2.24) is 5.32 Å². The fraction of sp³-hybridized carbons (Fsp3) is 0.278. The maximum absolute atomic E-state index is 13.9. The average molecular weight is 331 g/mol. The molecule has 0 saturated heterocycles. The number of halogens is 2. The van der Waals surface area contributed by atoms with Gasteiger partial charge in [-0.05, 0) is 41.8 Å². The van der Waals surface area contributed by atoms with Crippen LogP contribution in [0.15, 0.2) is 36.4 Å². The molecule has 2 atom stereocenters. The van der Waals surface area contributed by atoms with E-state index in [4.69, 9.17) is 11.6 Å². The van der Waals surface area contributed by atoms with Crippen molar-refractivity contribution < 1.29 is 9.18 Å². The number of hydrogen-bond donors (Lipinski definition) is 2. The van der Waals surface area contributed by atoms with E-state index in [9.17, 15) is 9.18 Å². The van der Waals surface area contributed by atoms with Crippen LogP contribution < -0.4 is 10.6 Å². The lowest BCUT2D eigenvalue weighted by Crippen LogP contribution is -2.15. The van der Waals surface area contributed by atoms with E-state index in [1.54, 1.807) is 12.1 Å². The molecule has 2 aliphatic rings. The molecule has 2 aromatic carbocycles. The Morgan fingerprint density at radius 1 is 1.22 bits per heavy atom. The minimum Gasteiger partial charge on any atom is -0.326 e. The van der Waals surface area contributed by atoms with Gasteiger partial charge in [0.1, 0.15) is 5.82 Å². The number of anilines is 1. The van der Waals surface area contributed by atoms with Crippen molar-refractivity contribution in [2.45, 2.75) is 25.4 Å². The second-order valence-corrected chi connectivity index (χ2v) is 6.57. The third-order valence-electron chi connectivity index (χ3n) is 4.60. The predicted molar refractivity (Wildman–Crippen MR) is 87.9 cm³/mol. The highest BCUT2D eigenvalue weighted by Crippen LogP contribution is 2.50. The lowest BCUT2D eigenvalue weighted by molar-refractivity contribution is -0.117. The number of rotatable bonds is 3. The maximum atomic E-state index is 13.9. The Balaban J connectivity index is 1.47. The Morgan fingerprint density at radius 3 is 2.87 bits per heavy atom. The second kappa shape index (κ2) is 5.62. The van der Waals surface area contributed by atoms with E-state index in [1.165, 1.54) is 17.2 Å². The van der Waals surface area contributed by atoms with Crippen molar-refractivity contribution in [1.29, 1.82) is 0 Å². The normalized spacial score (nSPS) is 21.8. The predicted octanol–water partition coefficient (Wildman–Crippen LogP) is 3.82. The summed E-state index contributed by atoms with van der Waals surface area (Å²) in [6.07, 6.45) is 0.638. The molecule has 0 aromatic heterocycles. The molecule has 5 heteroatoms. The van der Waals surface area contributed by atoms with Gasteiger partial charge in [-0.2, -0.15) is 0 Å². The molecule has 0 bridgehead atoms. The molecular formula is C18H16ClFN2O. The second-order valence-electron chi connectivity index (χ2n) is 6.16. The molecule has 118 valence electrons. The fourth-order valence-corrected chi connectivity index (χ4v) is 3.58. The van der Waals surface area contributed by atoms with E-state index in [2.05, 4.69) is 10.6 Å². The average Bonchev–Trinajstić information content (AvgIpc) is 3.16. The fourth-order valence-electron chi connectivity index (χ4n) is 3.28. The Labute approximate surface area is 138 Å². The third-order valence-corrected chi connectivity index (χ3v) is 4.93. The van der Waals surface area contributed by atoms with Crippen LogP contribution in [0.3, 0.4) is 0 Å². The van der Waals surface area contributed by atoms with E-state index in [1.807, 2.05) is 18.2 Å². The lowest BCUT2D eigenvalue weighted by Gasteiger charge is -2.08. The quantitative estimate of drug-likeness (QED) is 0.898. The number of hydrogen-bond acceptors (Lipinski definition) is 2. The first-order valence-corrected chi connectivity index (χ1v) is 8.08. The van der Waals surface area contributed by atoms with Crippen LogP contribution in [-0.2, 0) is 17.9 Å². The van der Waals surface area contributed by atoms with Crippen LogP contribution in [0.2, 0.25) is 5.02 Å². The zero-order valence-corrected chi connectivity index (χ0v) is 13.2. The van der Waals surface area contributed by atoms with Gasteiger partial charge in [0.15, 0.2) is 0 Å². The highest BCUT2D eigenvalue weighted by atomic mass is 35.5. The van der Waals surface area contributed by atoms with Crippen molar-refractivity contribution >= 4 is 23.2 Å². The molecule has 2 aromatic rings. The molecule has 1 aliphatic carbocycles. The molecule has 23 heavy (non-hydrogen) atoms. The van der Waals surface area contributed by atoms with Gasteiger partial charge in [-0.25, -0.2) is 4.39 Å². The molecule has 0 unspecified atom stereocenters. The van der Waals surface area contributed by atoms with E-state index in [0.29, 0.717) is 17.0 Å². The topological polar surface area (TPSA) is 41.1 Å². The number of amides is 1. The van der Waals surface area contributed by atoms with Gasteiger partial charge in [-0.1, -0.05) is 23.7 Å². The highest BCUT2D eigenvalue weighted by Gasteiger charge is 2.46. The van der Waals surface area contributed by atoms with Crippen molar-refractivity contribution in [3.8, 4) is 0 Å². The Hall–Kier alpha value is -1.91. The van der Waals surface area contributed by atoms with Crippen molar-refractivity contribution in [2.24, 2.45) is 5.92 Å². The summed E-state index contributed by atoms with van der Waals surface area (Å²) in [7, 11) is 0. The van der Waals surface area contributed by atoms with Crippen LogP contribution in [0.4, 0.5) is 10.1 Å². The first-order valence-electron chi connectivity index (χ1n) is 7.71. The van der Waals surface area contributed by atoms with Gasteiger partial charge in [0.2, 0.25) is 5.91 Å². The Morgan fingerprint density at radius 2 is 2.04 bits per heavy atom. The summed E-state index contributed by atoms with van der Waals surface area (Å²) in [6, 6.07) is 10.6. The molecule has 2 N–H and O–H groups in total. The summed E-state index contributed by atoms with van der Waals surface area (Å²) in [6.45, 7) is 1.70. The van der Waals surface area contributed by atoms with Gasteiger partial charge in [0.25, 0.3) is 0 Å². The maximum Gasteiger partial charge on any atom is 0.228 e. The molecule has 1 heterocycles. The van der Waals surface area contributed by atoms with E-state index in [-0.39, 0.29) is 23.6 Å². The van der Waals surface area contributed by atoms with Gasteiger partial charge >= 0.3 is 0 Å². The monoisotopic (exact) mass is 330 g/mol. The van der Waals surface area contributed by atoms with Crippen LogP contribution >= 0.6 is 11.6 Å². The summed E-state index contributed by atoms with van der Waals surface area (Å²) in [4.78, 5) is 12.4. The number of carbonyl (C=O) groups excluding carboxylic acids is 1. The molecule has 0 spiro atoms. The van der Waals surface area contributed by atoms with Gasteiger partial charge < -0.3 is 10.6 Å². The van der Waals surface area contributed by atoms with Crippen LogP contribution in [0.25, 0.3) is 0 Å². The van der Waals surface area contributed by atoms with Crippen molar-refractivity contribution in [3.63, 3.8) is 0 Å². The van der Waals surface area contributed by atoms with E-state index in [0.717, 1.165) is 18.8 Å². The zero-order valence-electron chi connectivity index (χ0n) is 12.4. The van der Waals surface area contributed by atoms with Crippen molar-refractivity contribution in [2.75, 3.05) is 5.32 Å². The molecule has 1 saturated carbocycles. The Kier molecular flexibility index (Phi) is 3.58. The van der Waals surface area contributed by atoms with Crippen LogP contribution in [-0.4, -0.2) is 5.91 Å². The van der Waals surface area contributed by atoms with Gasteiger partial charge in [-0.15, -0.1) is 0 Å². The molecular weight excluding hydrogens is 315 g/mol. The molecule has 3 nitrogen and oxygen atoms in total. The zero-order chi connectivity index (χ0) is 16.0. The van der Waals surface area contributed by atoms with Gasteiger partial charge in [0, 0.05) is 41.2 Å². The summed E-state index contributed by atoms with van der Waals surface area (Å²) in [5.41, 5.74) is 3.74. The number of carbonyl (C=O) groups is 1. The summed E-state index contributed by atoms with van der Waals surface area (Å²) in [5.74, 6) is -0.739. The first-order chi connectivity index (χ1) is 11.1. The summed E-state index contributed by atoms with van der Waals surface area (Å²) < 4.78 is 13.9. The van der Waals surface area contributed by atoms with E-state index >= 15 is 0 Å². The van der Waals surface area contributed by atoms with Crippen LogP contribution in [0, 0.1) is 11.7 Å². The first kappa shape index (κ1) is 14.7. The highest BCUT2D eigenvalue weighted by molar-refractivity contribution is 6.31. The van der Waals surface area contributed by atoms with Gasteiger partial charge in [0.05, 0.1) is 0 Å². The van der Waals surface area contributed by atoms with E-state index < -0.39 is 0 Å². The number of benzene rings is 2. The third kappa shape index (κ3) is 2.73. The van der Waals surface area contributed by atoms with Crippen molar-refractivity contribution in [3.05, 3.63) is 63.9 Å². The molecule has 1 fully saturated rings. The minimum absolute atomic E-state index is 0.0692. The summed E-state index contributed by atoms with van der Waals surface area (Å²) in [5, 5.41) is 6.61. The smallest absolute Gasteiger partial charge is 0.228 e. The minimum atomic E-state index is -0.332. The lowest BCUT2D eigenvalue weighted by atomic mass is 10.1. The summed E-state index contributed by atoms with van der Waals surface area (Å²) >= 11 is 6.08. The number of fused-ring (bicyclic) bond motifs is 1. The molecule has 1 amide bonds. The SMILES string of the molecule is O=C(Nc1ccc2c(c1)CNC2)[C@H]1C[C@@H]1c1c(F)cccc1Cl.